The molecule has 2 saturated heterocycles. The molecular weight excluding hydrogens is 958 g/mol. The number of nitrogens with zero attached hydrogens (tertiary/aromatic N) is 2. The molecule has 0 bridgehead atoms. The molecule has 6 aliphatic carbocycles. The fourth-order valence-electron chi connectivity index (χ4n) is 16.8. The van der Waals surface area contributed by atoms with Crippen LogP contribution in [0.4, 0.5) is 9.59 Å². The summed E-state index contributed by atoms with van der Waals surface area (Å²) in [7, 11) is 2.62. The van der Waals surface area contributed by atoms with Gasteiger partial charge in [-0.05, 0) is 125 Å². The van der Waals surface area contributed by atoms with Crippen LogP contribution in [-0.4, -0.2) is 138 Å². The Balaban J connectivity index is 0.718. The molecule has 8 fully saturated rings. The summed E-state index contributed by atoms with van der Waals surface area (Å²) in [5, 5.41) is 25.0. The molecule has 8 aliphatic rings. The largest absolute Gasteiger partial charge is 0.515 e. The number of quaternary nitrogens is 1. The van der Waals surface area contributed by atoms with E-state index < -0.39 is 78.2 Å². The van der Waals surface area contributed by atoms with E-state index in [0.29, 0.717) is 49.8 Å². The zero-order valence-electron chi connectivity index (χ0n) is 44.1. The molecule has 9 rings (SSSR count). The number of carbonyl (C=O) groups is 6. The molecule has 2 spiro atoms. The summed E-state index contributed by atoms with van der Waals surface area (Å²) in [5.41, 5.74) is -0.781. The molecule has 3 N–H and O–H groups in total. The third kappa shape index (κ3) is 9.55. The Kier molecular flexibility index (Phi) is 14.8. The maximum absolute atomic E-state index is 14.0. The number of aliphatic hydroxyl groups is 2. The van der Waals surface area contributed by atoms with Crippen molar-refractivity contribution in [1.29, 1.82) is 0 Å². The maximum atomic E-state index is 14.0. The van der Waals surface area contributed by atoms with Crippen LogP contribution in [0, 0.1) is 51.8 Å². The van der Waals surface area contributed by atoms with Crippen LogP contribution in [0.5, 0.6) is 0 Å². The highest BCUT2D eigenvalue weighted by Crippen LogP contribution is 2.74. The van der Waals surface area contributed by atoms with Crippen molar-refractivity contribution >= 4 is 45.3 Å². The number of esters is 3. The van der Waals surface area contributed by atoms with Gasteiger partial charge in [0.1, 0.15) is 48.4 Å². The third-order valence-electron chi connectivity index (χ3n) is 20.4. The van der Waals surface area contributed by atoms with Gasteiger partial charge in [-0.3, -0.25) is 14.4 Å². The highest BCUT2D eigenvalue weighted by atomic mass is 31.0. The first kappa shape index (κ1) is 53.8. The Labute approximate surface area is 432 Å². The molecule has 1 aromatic rings. The number of aliphatic hydroxyl groups excluding tert-OH is 2. The summed E-state index contributed by atoms with van der Waals surface area (Å²) in [5.74, 6) is -1.62. The number of fused-ring (bicyclic) bond motifs is 7. The average molecular weight is 1040 g/mol. The first-order valence-corrected chi connectivity index (χ1v) is 27.9. The fraction of sp³-hybridized carbons (Fsp3) is 0.782. The van der Waals surface area contributed by atoms with Crippen LogP contribution in [0.1, 0.15) is 137 Å². The maximum Gasteiger partial charge on any atom is 0.515 e. The van der Waals surface area contributed by atoms with E-state index in [1.165, 1.54) is 46.7 Å². The van der Waals surface area contributed by atoms with Crippen LogP contribution < -0.4 is 5.32 Å². The quantitative estimate of drug-likeness (QED) is 0.0565. The number of likely N-dealkylation sites (N-methyl/N-ethyl adjacent to an activating group) is 1. The van der Waals surface area contributed by atoms with Gasteiger partial charge in [-0.25, -0.2) is 14.4 Å². The van der Waals surface area contributed by atoms with E-state index in [-0.39, 0.29) is 71.3 Å². The van der Waals surface area contributed by atoms with Crippen LogP contribution in [0.3, 0.4) is 0 Å². The molecular formula is C55H82N3O14P+2. The Bertz CT molecular complexity index is 2260. The second-order valence-electron chi connectivity index (χ2n) is 25.0. The third-order valence-corrected chi connectivity index (χ3v) is 21.2. The van der Waals surface area contributed by atoms with Crippen molar-refractivity contribution in [3.8, 4) is 0 Å². The van der Waals surface area contributed by atoms with Gasteiger partial charge in [-0.15, -0.1) is 0 Å². The lowest BCUT2D eigenvalue weighted by molar-refractivity contribution is -1.05. The van der Waals surface area contributed by atoms with Crippen molar-refractivity contribution in [1.82, 2.24) is 10.2 Å². The molecule has 6 saturated carbocycles. The lowest BCUT2D eigenvalue weighted by Crippen LogP contribution is -2.94. The van der Waals surface area contributed by atoms with Crippen molar-refractivity contribution in [2.45, 2.75) is 179 Å². The zero-order valence-corrected chi connectivity index (χ0v) is 45.6. The number of benzene rings is 1. The summed E-state index contributed by atoms with van der Waals surface area (Å²) >= 11 is 0. The molecule has 17 atom stereocenters. The van der Waals surface area contributed by atoms with E-state index in [4.69, 9.17) is 28.4 Å². The van der Waals surface area contributed by atoms with Gasteiger partial charge < -0.3 is 53.3 Å². The zero-order chi connectivity index (χ0) is 52.5. The molecule has 404 valence electrons. The summed E-state index contributed by atoms with van der Waals surface area (Å²) < 4.78 is 34.7. The lowest BCUT2D eigenvalue weighted by atomic mass is 9.39. The number of nitrogens with one attached hydrogen (secondary N) is 1. The molecule has 2 amide bonds. The Morgan fingerprint density at radius 1 is 0.863 bits per heavy atom. The molecule has 18 heteroatoms. The molecule has 73 heavy (non-hydrogen) atoms. The molecule has 17 nitrogen and oxygen atoms in total. The average Bonchev–Trinajstić information content (AvgIpc) is 3.94. The van der Waals surface area contributed by atoms with Crippen LogP contribution in [0.25, 0.3) is 0 Å². The molecule has 11 unspecified atom stereocenters. The van der Waals surface area contributed by atoms with Crippen molar-refractivity contribution in [3.63, 3.8) is 0 Å². The summed E-state index contributed by atoms with van der Waals surface area (Å²) in [6, 6.07) is 9.74. The van der Waals surface area contributed by atoms with Crippen LogP contribution >= 0.6 is 9.24 Å². The first-order chi connectivity index (χ1) is 34.5. The minimum atomic E-state index is -1.79. The van der Waals surface area contributed by atoms with E-state index in [1.54, 1.807) is 51.1 Å². The summed E-state index contributed by atoms with van der Waals surface area (Å²) in [6.07, 6.45) is 7.45. The van der Waals surface area contributed by atoms with Gasteiger partial charge in [-0.1, -0.05) is 51.1 Å². The second-order valence-corrected chi connectivity index (χ2v) is 26.0. The monoisotopic (exact) mass is 1040 g/mol. The second kappa shape index (κ2) is 20.1. The Hall–Kier alpha value is -4.05. The highest BCUT2D eigenvalue weighted by Gasteiger charge is 2.86. The smallest absolute Gasteiger partial charge is 0.459 e. The van der Waals surface area contributed by atoms with Crippen molar-refractivity contribution in [2.75, 3.05) is 40.0 Å². The van der Waals surface area contributed by atoms with Gasteiger partial charge in [0.2, 0.25) is 12.7 Å². The van der Waals surface area contributed by atoms with Gasteiger partial charge in [0, 0.05) is 54.0 Å². The van der Waals surface area contributed by atoms with Crippen molar-refractivity contribution in [3.05, 3.63) is 35.9 Å². The van der Waals surface area contributed by atoms with Gasteiger partial charge >= 0.3 is 35.5 Å². The number of rotatable bonds is 15. The van der Waals surface area contributed by atoms with E-state index in [2.05, 4.69) is 26.1 Å². The van der Waals surface area contributed by atoms with Crippen molar-refractivity contribution in [2.24, 2.45) is 51.8 Å². The number of carbonyl (C=O) groups excluding carboxylic acids is 6. The van der Waals surface area contributed by atoms with Crippen LogP contribution in [0.15, 0.2) is 30.3 Å². The predicted octanol–water partition coefficient (Wildman–Crippen LogP) is 6.47. The van der Waals surface area contributed by atoms with Crippen LogP contribution in [-0.2, 0) is 52.9 Å². The predicted molar refractivity (Wildman–Crippen MR) is 269 cm³/mol. The minimum absolute atomic E-state index is 0.0157. The van der Waals surface area contributed by atoms with Gasteiger partial charge in [-0.2, -0.15) is 0 Å². The van der Waals surface area contributed by atoms with E-state index >= 15 is 0 Å². The van der Waals surface area contributed by atoms with Crippen LogP contribution in [0.2, 0.25) is 0 Å². The van der Waals surface area contributed by atoms with Gasteiger partial charge in [0.05, 0.1) is 25.3 Å². The first-order valence-electron chi connectivity index (χ1n) is 27.2. The van der Waals surface area contributed by atoms with Gasteiger partial charge in [0.15, 0.2) is 0 Å². The molecule has 0 aromatic heterocycles. The molecule has 1 aromatic carbocycles. The topological polar surface area (TPSA) is 214 Å². The lowest BCUT2D eigenvalue weighted by Gasteiger charge is -2.80. The summed E-state index contributed by atoms with van der Waals surface area (Å²) in [6.45, 7) is 12.9. The SMILES string of the molecule is C[C@H](CCC(=O)NCC(=O)OC(C)(C)C)C1CCC2C3C(C[C@H](O)[C@@]21C)[C@@]1(C)CC[C@@H](OC(=O)N(C)CC(=O)OCOC(=O)OC([PH3+])(C(=O)OC2CC4C25CCC5[N+]42CCCC2)c2ccccc2)CC1C[C@H]3O. The molecule has 2 heterocycles. The van der Waals surface area contributed by atoms with Crippen molar-refractivity contribution < 1.29 is 71.9 Å². The standard InChI is InChI=1S/C55H80N3O14P/c1-32(15-18-44(61)56-29-45(62)71-51(2,3)4)36-16-17-37-47-38(27-42(60)53(36,37)6)52(5)21-19-35(25-34(52)26-39(47)59)69-49(65)57(7)30-46(63)67-31-68-50(66)72-55(73,33-13-9-8-10-14-33)48(64)70-43-28-41-54(43)22-20-40(54)58(41)23-11-12-24-58/h8-10,13-14,32,34-43,47,59-60H,11-12,15-31,73H2,1-7H3/p+2/t32-,34?,35-,36?,37?,38?,39-,40?,41?,42+,43?,47?,52+,53-,54?,55?/m1/s1. The minimum Gasteiger partial charge on any atom is -0.459 e. The molecule has 0 radical (unpaired) electrons. The fourth-order valence-corrected chi connectivity index (χ4v) is 17.2. The highest BCUT2D eigenvalue weighted by molar-refractivity contribution is 7.20. The number of hydrogen-bond acceptors (Lipinski definition) is 14. The van der Waals surface area contributed by atoms with Gasteiger partial charge in [0.25, 0.3) is 0 Å². The normalized spacial score (nSPS) is 37.5. The van der Waals surface area contributed by atoms with E-state index in [1.807, 2.05) is 0 Å². The van der Waals surface area contributed by atoms with E-state index in [9.17, 15) is 39.0 Å². The summed E-state index contributed by atoms with van der Waals surface area (Å²) in [4.78, 5) is 79.3. The Morgan fingerprint density at radius 3 is 2.26 bits per heavy atom. The molecule has 2 aliphatic heterocycles. The number of ether oxygens (including phenoxy) is 6. The number of piperidine rings is 2. The number of amides is 2. The van der Waals surface area contributed by atoms with E-state index in [0.717, 1.165) is 43.4 Å². The Morgan fingerprint density at radius 2 is 1.59 bits per heavy atom. The number of hydrogen-bond donors (Lipinski definition) is 3.